The minimum atomic E-state index is -0.211. The molecule has 2 rings (SSSR count). The normalized spacial score (nSPS) is 20.8. The lowest BCUT2D eigenvalue weighted by Gasteiger charge is -2.18. The molecule has 0 aliphatic carbocycles. The molecule has 2 N–H and O–H groups in total. The summed E-state index contributed by atoms with van der Waals surface area (Å²) in [6.07, 6.45) is 0. The summed E-state index contributed by atoms with van der Waals surface area (Å²) in [4.78, 5) is 25.6. The summed E-state index contributed by atoms with van der Waals surface area (Å²) in [7, 11) is 1.57. The highest BCUT2D eigenvalue weighted by Crippen LogP contribution is 2.25. The van der Waals surface area contributed by atoms with Gasteiger partial charge in [-0.2, -0.15) is 0 Å². The molecule has 120 valence electrons. The van der Waals surface area contributed by atoms with E-state index in [4.69, 9.17) is 4.74 Å². The molecule has 1 saturated heterocycles. The Labute approximate surface area is 130 Å². The molecular formula is C16H22N2O4. The molecule has 1 aromatic carbocycles. The Balaban J connectivity index is 2.19. The number of hydrogen-bond donors (Lipinski definition) is 2. The first kappa shape index (κ1) is 16.3. The Morgan fingerprint density at radius 1 is 1.41 bits per heavy atom. The molecule has 1 aliphatic heterocycles. The molecule has 0 spiro atoms. The van der Waals surface area contributed by atoms with Gasteiger partial charge in [0.05, 0.1) is 13.2 Å². The fraction of sp³-hybridized carbons (Fsp3) is 0.500. The fourth-order valence-corrected chi connectivity index (χ4v) is 2.88. The van der Waals surface area contributed by atoms with Crippen LogP contribution in [0.15, 0.2) is 18.2 Å². The Bertz CT molecular complexity index is 573. The van der Waals surface area contributed by atoms with E-state index in [0.717, 1.165) is 5.56 Å². The summed E-state index contributed by atoms with van der Waals surface area (Å²) < 4.78 is 5.25. The molecule has 1 aromatic rings. The molecule has 1 fully saturated rings. The van der Waals surface area contributed by atoms with Crippen LogP contribution in [0.3, 0.4) is 0 Å². The second kappa shape index (κ2) is 6.79. The van der Waals surface area contributed by atoms with Gasteiger partial charge in [-0.25, -0.2) is 0 Å². The van der Waals surface area contributed by atoms with Gasteiger partial charge in [0, 0.05) is 43.7 Å². The van der Waals surface area contributed by atoms with Crippen molar-refractivity contribution < 1.29 is 19.4 Å². The third kappa shape index (κ3) is 3.22. The highest BCUT2D eigenvalue weighted by Gasteiger charge is 2.36. The van der Waals surface area contributed by atoms with Gasteiger partial charge >= 0.3 is 0 Å². The number of likely N-dealkylation sites (tertiary alicyclic amines) is 1. The molecule has 1 aliphatic rings. The summed E-state index contributed by atoms with van der Waals surface area (Å²) in [5, 5.41) is 12.2. The SMILES string of the molecule is COc1cccc(C(=O)N2CC(CO)C(NC(C)=O)C2)c1C. The lowest BCUT2D eigenvalue weighted by atomic mass is 10.1. The molecule has 6 nitrogen and oxygen atoms in total. The Morgan fingerprint density at radius 2 is 2.14 bits per heavy atom. The highest BCUT2D eigenvalue weighted by atomic mass is 16.5. The van der Waals surface area contributed by atoms with Crippen LogP contribution in [0.5, 0.6) is 5.75 Å². The van der Waals surface area contributed by atoms with Crippen LogP contribution >= 0.6 is 0 Å². The maximum atomic E-state index is 12.7. The van der Waals surface area contributed by atoms with E-state index in [1.165, 1.54) is 6.92 Å². The lowest BCUT2D eigenvalue weighted by molar-refractivity contribution is -0.119. The number of rotatable bonds is 4. The van der Waals surface area contributed by atoms with Crippen molar-refractivity contribution in [3.8, 4) is 5.75 Å². The zero-order valence-corrected chi connectivity index (χ0v) is 13.1. The molecule has 0 saturated carbocycles. The van der Waals surface area contributed by atoms with E-state index in [1.807, 2.05) is 13.0 Å². The zero-order chi connectivity index (χ0) is 16.3. The summed E-state index contributed by atoms with van der Waals surface area (Å²) in [5.74, 6) is 0.263. The summed E-state index contributed by atoms with van der Waals surface area (Å²) in [5.41, 5.74) is 1.37. The molecule has 22 heavy (non-hydrogen) atoms. The van der Waals surface area contributed by atoms with Gasteiger partial charge < -0.3 is 20.1 Å². The van der Waals surface area contributed by atoms with Crippen LogP contribution in [0, 0.1) is 12.8 Å². The van der Waals surface area contributed by atoms with Crippen LogP contribution in [0.2, 0.25) is 0 Å². The van der Waals surface area contributed by atoms with E-state index < -0.39 is 0 Å². The highest BCUT2D eigenvalue weighted by molar-refractivity contribution is 5.96. The van der Waals surface area contributed by atoms with Crippen molar-refractivity contribution in [1.29, 1.82) is 0 Å². The number of nitrogens with zero attached hydrogens (tertiary/aromatic N) is 1. The number of carbonyl (C=O) groups excluding carboxylic acids is 2. The number of nitrogens with one attached hydrogen (secondary N) is 1. The molecule has 6 heteroatoms. The monoisotopic (exact) mass is 306 g/mol. The second-order valence-electron chi connectivity index (χ2n) is 5.59. The Kier molecular flexibility index (Phi) is 5.03. The van der Waals surface area contributed by atoms with Gasteiger partial charge in [-0.15, -0.1) is 0 Å². The molecule has 2 amide bonds. The van der Waals surface area contributed by atoms with Crippen molar-refractivity contribution in [3.63, 3.8) is 0 Å². The average Bonchev–Trinajstić information content (AvgIpc) is 2.89. The van der Waals surface area contributed by atoms with E-state index in [0.29, 0.717) is 24.4 Å². The van der Waals surface area contributed by atoms with Crippen LogP contribution in [0.4, 0.5) is 0 Å². The standard InChI is InChI=1S/C16H22N2O4/c1-10-13(5-4-6-15(10)22-3)16(21)18-7-12(9-19)14(8-18)17-11(2)20/h4-6,12,14,19H,7-9H2,1-3H3,(H,17,20). The van der Waals surface area contributed by atoms with Crippen LogP contribution in [-0.2, 0) is 4.79 Å². The van der Waals surface area contributed by atoms with Crippen LogP contribution < -0.4 is 10.1 Å². The van der Waals surface area contributed by atoms with Gasteiger partial charge in [-0.3, -0.25) is 9.59 Å². The minimum absolute atomic E-state index is 0.0637. The van der Waals surface area contributed by atoms with Gasteiger partial charge in [-0.1, -0.05) is 6.07 Å². The van der Waals surface area contributed by atoms with Crippen molar-refractivity contribution in [2.75, 3.05) is 26.8 Å². The summed E-state index contributed by atoms with van der Waals surface area (Å²) in [6, 6.07) is 5.15. The van der Waals surface area contributed by atoms with Crippen molar-refractivity contribution >= 4 is 11.8 Å². The van der Waals surface area contributed by atoms with Crippen molar-refractivity contribution in [2.45, 2.75) is 19.9 Å². The third-order valence-corrected chi connectivity index (χ3v) is 4.09. The molecule has 0 aromatic heterocycles. The fourth-order valence-electron chi connectivity index (χ4n) is 2.88. The quantitative estimate of drug-likeness (QED) is 0.852. The topological polar surface area (TPSA) is 78.9 Å². The van der Waals surface area contributed by atoms with E-state index in [9.17, 15) is 14.7 Å². The smallest absolute Gasteiger partial charge is 0.254 e. The van der Waals surface area contributed by atoms with Crippen molar-refractivity contribution in [3.05, 3.63) is 29.3 Å². The Hall–Kier alpha value is -2.08. The predicted octanol–water partition coefficient (Wildman–Crippen LogP) is 0.573. The first-order valence-electron chi connectivity index (χ1n) is 7.28. The molecule has 2 atom stereocenters. The van der Waals surface area contributed by atoms with E-state index in [-0.39, 0.29) is 30.4 Å². The second-order valence-corrected chi connectivity index (χ2v) is 5.59. The molecular weight excluding hydrogens is 284 g/mol. The third-order valence-electron chi connectivity index (χ3n) is 4.09. The molecule has 1 heterocycles. The van der Waals surface area contributed by atoms with E-state index in [2.05, 4.69) is 5.32 Å². The lowest BCUT2D eigenvalue weighted by Crippen LogP contribution is -2.40. The molecule has 2 unspecified atom stereocenters. The number of methoxy groups -OCH3 is 1. The van der Waals surface area contributed by atoms with Gasteiger partial charge in [0.15, 0.2) is 0 Å². The minimum Gasteiger partial charge on any atom is -0.496 e. The summed E-state index contributed by atoms with van der Waals surface area (Å²) in [6.45, 7) is 4.05. The largest absolute Gasteiger partial charge is 0.496 e. The first-order valence-corrected chi connectivity index (χ1v) is 7.28. The van der Waals surface area contributed by atoms with E-state index >= 15 is 0 Å². The average molecular weight is 306 g/mol. The first-order chi connectivity index (χ1) is 10.5. The van der Waals surface area contributed by atoms with Crippen LogP contribution in [0.25, 0.3) is 0 Å². The van der Waals surface area contributed by atoms with E-state index in [1.54, 1.807) is 24.1 Å². The number of amides is 2. The van der Waals surface area contributed by atoms with Crippen LogP contribution in [0.1, 0.15) is 22.8 Å². The van der Waals surface area contributed by atoms with Gasteiger partial charge in [-0.05, 0) is 19.1 Å². The van der Waals surface area contributed by atoms with Gasteiger partial charge in [0.25, 0.3) is 5.91 Å². The maximum absolute atomic E-state index is 12.7. The predicted molar refractivity (Wildman–Crippen MR) is 81.8 cm³/mol. The number of carbonyl (C=O) groups is 2. The number of aliphatic hydroxyl groups excluding tert-OH is 1. The van der Waals surface area contributed by atoms with Gasteiger partial charge in [0.2, 0.25) is 5.91 Å². The number of aliphatic hydroxyl groups is 1. The van der Waals surface area contributed by atoms with Crippen molar-refractivity contribution in [2.24, 2.45) is 5.92 Å². The zero-order valence-electron chi connectivity index (χ0n) is 13.1. The van der Waals surface area contributed by atoms with Crippen LogP contribution in [-0.4, -0.2) is 54.7 Å². The summed E-state index contributed by atoms with van der Waals surface area (Å²) >= 11 is 0. The Morgan fingerprint density at radius 3 is 2.73 bits per heavy atom. The number of hydrogen-bond acceptors (Lipinski definition) is 4. The van der Waals surface area contributed by atoms with Crippen molar-refractivity contribution in [1.82, 2.24) is 10.2 Å². The number of ether oxygens (including phenoxy) is 1. The molecule has 0 radical (unpaired) electrons. The van der Waals surface area contributed by atoms with Gasteiger partial charge in [0.1, 0.15) is 5.75 Å². The maximum Gasteiger partial charge on any atom is 0.254 e. The molecule has 0 bridgehead atoms. The number of benzene rings is 1.